The molecule has 1 amide bonds. The molecule has 0 bridgehead atoms. The quantitative estimate of drug-likeness (QED) is 0.517. The number of carbonyl (C=O) groups is 1. The lowest BCUT2D eigenvalue weighted by molar-refractivity contribution is 0.0970. The number of carbonyl (C=O) groups excluding carboxylic acids is 1. The van der Waals surface area contributed by atoms with Gasteiger partial charge in [0, 0.05) is 0 Å². The van der Waals surface area contributed by atoms with Crippen molar-refractivity contribution in [3.05, 3.63) is 86.5 Å². The SMILES string of the molecule is Cc1ccc2oc3c(c(=O)c2c1)[C@H](c1cccc(F)c1)N(c1nncs1)C3=O. The van der Waals surface area contributed by atoms with Crippen LogP contribution in [-0.2, 0) is 0 Å². The second kappa shape index (κ2) is 6.07. The van der Waals surface area contributed by atoms with Crippen molar-refractivity contribution in [2.45, 2.75) is 13.0 Å². The minimum Gasteiger partial charge on any atom is -0.450 e. The minimum absolute atomic E-state index is 0.0502. The van der Waals surface area contributed by atoms with Crippen molar-refractivity contribution in [2.75, 3.05) is 4.90 Å². The predicted molar refractivity (Wildman–Crippen MR) is 102 cm³/mol. The van der Waals surface area contributed by atoms with Crippen molar-refractivity contribution in [1.82, 2.24) is 10.2 Å². The predicted octanol–water partition coefficient (Wildman–Crippen LogP) is 3.84. The van der Waals surface area contributed by atoms with E-state index >= 15 is 0 Å². The molecule has 6 nitrogen and oxygen atoms in total. The molecule has 2 aromatic carbocycles. The minimum atomic E-state index is -0.840. The summed E-state index contributed by atoms with van der Waals surface area (Å²) < 4.78 is 19.8. The van der Waals surface area contributed by atoms with Crippen molar-refractivity contribution < 1.29 is 13.6 Å². The topological polar surface area (TPSA) is 76.3 Å². The third kappa shape index (κ3) is 2.38. The van der Waals surface area contributed by atoms with Crippen LogP contribution >= 0.6 is 11.3 Å². The van der Waals surface area contributed by atoms with Crippen LogP contribution in [-0.4, -0.2) is 16.1 Å². The maximum Gasteiger partial charge on any atom is 0.297 e. The van der Waals surface area contributed by atoms with E-state index in [4.69, 9.17) is 4.42 Å². The van der Waals surface area contributed by atoms with Gasteiger partial charge in [0.15, 0.2) is 5.43 Å². The van der Waals surface area contributed by atoms with Crippen LogP contribution < -0.4 is 10.3 Å². The highest BCUT2D eigenvalue weighted by Crippen LogP contribution is 2.41. The lowest BCUT2D eigenvalue weighted by atomic mass is 9.98. The Morgan fingerprint density at radius 1 is 1.18 bits per heavy atom. The van der Waals surface area contributed by atoms with Crippen molar-refractivity contribution in [1.29, 1.82) is 0 Å². The van der Waals surface area contributed by atoms with E-state index in [9.17, 15) is 14.0 Å². The summed E-state index contributed by atoms with van der Waals surface area (Å²) in [4.78, 5) is 27.8. The summed E-state index contributed by atoms with van der Waals surface area (Å²) in [5.74, 6) is -1.01. The number of hydrogen-bond acceptors (Lipinski definition) is 6. The standard InChI is InChI=1S/C20H12FN3O3S/c1-10-5-6-14-13(7-10)17(25)15-16(11-3-2-4-12(21)8-11)24(19(26)18(15)27-14)20-23-22-9-28-20/h2-9,16H,1H3/t16-/m0/s1. The van der Waals surface area contributed by atoms with E-state index in [0.717, 1.165) is 16.9 Å². The molecule has 5 rings (SSSR count). The lowest BCUT2D eigenvalue weighted by Crippen LogP contribution is -2.29. The Kier molecular flexibility index (Phi) is 3.63. The molecule has 0 fully saturated rings. The van der Waals surface area contributed by atoms with E-state index < -0.39 is 17.8 Å². The fraction of sp³-hybridized carbons (Fsp3) is 0.100. The first-order valence-electron chi connectivity index (χ1n) is 8.47. The molecule has 2 aromatic heterocycles. The Bertz CT molecular complexity index is 1300. The van der Waals surface area contributed by atoms with Crippen LogP contribution in [0.25, 0.3) is 11.0 Å². The van der Waals surface area contributed by atoms with Gasteiger partial charge in [0.25, 0.3) is 5.91 Å². The maximum atomic E-state index is 13.9. The second-order valence-corrected chi connectivity index (χ2v) is 7.34. The van der Waals surface area contributed by atoms with Crippen LogP contribution in [0.2, 0.25) is 0 Å². The van der Waals surface area contributed by atoms with Crippen molar-refractivity contribution in [3.8, 4) is 0 Å². The van der Waals surface area contributed by atoms with Gasteiger partial charge in [-0.05, 0) is 36.8 Å². The van der Waals surface area contributed by atoms with Gasteiger partial charge < -0.3 is 4.42 Å². The molecule has 28 heavy (non-hydrogen) atoms. The van der Waals surface area contributed by atoms with E-state index in [-0.39, 0.29) is 16.8 Å². The average Bonchev–Trinajstić information content (AvgIpc) is 3.29. The van der Waals surface area contributed by atoms with Crippen LogP contribution in [0, 0.1) is 12.7 Å². The molecule has 0 spiro atoms. The summed E-state index contributed by atoms with van der Waals surface area (Å²) in [6.45, 7) is 1.87. The number of halogens is 1. The Labute approximate surface area is 161 Å². The smallest absolute Gasteiger partial charge is 0.297 e. The molecule has 0 N–H and O–H groups in total. The second-order valence-electron chi connectivity index (χ2n) is 6.53. The van der Waals surface area contributed by atoms with Crippen LogP contribution in [0.4, 0.5) is 9.52 Å². The molecule has 3 heterocycles. The molecule has 0 saturated heterocycles. The summed E-state index contributed by atoms with van der Waals surface area (Å²) in [6, 6.07) is 10.2. The van der Waals surface area contributed by atoms with Gasteiger partial charge in [0.2, 0.25) is 10.9 Å². The Morgan fingerprint density at radius 3 is 2.79 bits per heavy atom. The third-order valence-electron chi connectivity index (χ3n) is 4.74. The summed E-state index contributed by atoms with van der Waals surface area (Å²) in [6.07, 6.45) is 0. The maximum absolute atomic E-state index is 13.9. The van der Waals surface area contributed by atoms with E-state index in [1.807, 2.05) is 13.0 Å². The van der Waals surface area contributed by atoms with E-state index in [0.29, 0.717) is 21.7 Å². The highest BCUT2D eigenvalue weighted by molar-refractivity contribution is 7.13. The summed E-state index contributed by atoms with van der Waals surface area (Å²) in [5, 5.41) is 8.46. The number of aryl methyl sites for hydroxylation is 1. The van der Waals surface area contributed by atoms with Crippen LogP contribution in [0.15, 0.2) is 57.2 Å². The first-order chi connectivity index (χ1) is 13.5. The fourth-order valence-corrected chi connectivity index (χ4v) is 4.13. The van der Waals surface area contributed by atoms with Gasteiger partial charge in [-0.25, -0.2) is 4.39 Å². The highest BCUT2D eigenvalue weighted by atomic mass is 32.1. The normalized spacial score (nSPS) is 16.0. The van der Waals surface area contributed by atoms with Crippen molar-refractivity contribution in [3.63, 3.8) is 0 Å². The molecule has 1 atom stereocenters. The van der Waals surface area contributed by atoms with Gasteiger partial charge in [-0.2, -0.15) is 0 Å². The van der Waals surface area contributed by atoms with Crippen LogP contribution in [0.5, 0.6) is 0 Å². The summed E-state index contributed by atoms with van der Waals surface area (Å²) in [5.41, 5.74) is 3.05. The van der Waals surface area contributed by atoms with Gasteiger partial charge in [-0.3, -0.25) is 14.5 Å². The van der Waals surface area contributed by atoms with Gasteiger partial charge in [-0.1, -0.05) is 35.1 Å². The van der Waals surface area contributed by atoms with E-state index in [1.54, 1.807) is 18.2 Å². The molecule has 138 valence electrons. The monoisotopic (exact) mass is 393 g/mol. The summed E-state index contributed by atoms with van der Waals surface area (Å²) in [7, 11) is 0. The number of aromatic nitrogens is 2. The van der Waals surface area contributed by atoms with E-state index in [2.05, 4.69) is 10.2 Å². The number of amides is 1. The first kappa shape index (κ1) is 16.8. The molecular formula is C20H12FN3O3S. The highest BCUT2D eigenvalue weighted by Gasteiger charge is 2.45. The zero-order chi connectivity index (χ0) is 19.4. The third-order valence-corrected chi connectivity index (χ3v) is 5.43. The largest absolute Gasteiger partial charge is 0.450 e. The van der Waals surface area contributed by atoms with Gasteiger partial charge in [-0.15, -0.1) is 10.2 Å². The molecular weight excluding hydrogens is 381 g/mol. The van der Waals surface area contributed by atoms with Crippen molar-refractivity contribution >= 4 is 33.3 Å². The van der Waals surface area contributed by atoms with E-state index in [1.165, 1.54) is 28.6 Å². The van der Waals surface area contributed by atoms with Crippen molar-refractivity contribution in [2.24, 2.45) is 0 Å². The van der Waals surface area contributed by atoms with Gasteiger partial charge in [0.05, 0.1) is 17.0 Å². The molecule has 1 aliphatic rings. The number of benzene rings is 2. The Balaban J connectivity index is 1.85. The molecule has 8 heteroatoms. The van der Waals surface area contributed by atoms with Crippen LogP contribution in [0.3, 0.4) is 0 Å². The number of anilines is 1. The molecule has 0 aliphatic carbocycles. The number of fused-ring (bicyclic) bond motifs is 2. The molecule has 4 aromatic rings. The summed E-state index contributed by atoms with van der Waals surface area (Å²) >= 11 is 1.16. The first-order valence-corrected chi connectivity index (χ1v) is 9.35. The Morgan fingerprint density at radius 2 is 2.04 bits per heavy atom. The lowest BCUT2D eigenvalue weighted by Gasteiger charge is -2.22. The van der Waals surface area contributed by atoms with Gasteiger partial charge >= 0.3 is 0 Å². The number of hydrogen-bond donors (Lipinski definition) is 0. The molecule has 1 aliphatic heterocycles. The Hall–Kier alpha value is -3.39. The number of rotatable bonds is 2. The molecule has 0 unspecified atom stereocenters. The molecule has 0 saturated carbocycles. The fourth-order valence-electron chi connectivity index (χ4n) is 3.55. The zero-order valence-corrected chi connectivity index (χ0v) is 15.4. The average molecular weight is 393 g/mol. The molecule has 0 radical (unpaired) electrons. The number of nitrogens with zero attached hydrogens (tertiary/aromatic N) is 3. The van der Waals surface area contributed by atoms with Crippen LogP contribution in [0.1, 0.15) is 33.3 Å². The van der Waals surface area contributed by atoms with Gasteiger partial charge in [0.1, 0.15) is 16.9 Å². The zero-order valence-electron chi connectivity index (χ0n) is 14.5.